The molecule has 0 fully saturated rings. The molecule has 112 valence electrons. The SMILES string of the molecule is O=C1C2=C(CN=CN1c1ccccc1)/C(=C/C=C\NO)CS2. The van der Waals surface area contributed by atoms with Gasteiger partial charge in [0.05, 0.1) is 23.5 Å². The number of hydroxylamine groups is 1. The average Bonchev–Trinajstić information content (AvgIpc) is 2.87. The van der Waals surface area contributed by atoms with Gasteiger partial charge in [-0.25, -0.2) is 0 Å². The van der Waals surface area contributed by atoms with Crippen molar-refractivity contribution < 1.29 is 10.0 Å². The van der Waals surface area contributed by atoms with Crippen molar-refractivity contribution in [2.24, 2.45) is 4.99 Å². The van der Waals surface area contributed by atoms with Crippen LogP contribution in [0.1, 0.15) is 0 Å². The first-order chi connectivity index (χ1) is 10.8. The van der Waals surface area contributed by atoms with Crippen LogP contribution in [0.4, 0.5) is 5.69 Å². The molecule has 2 heterocycles. The minimum Gasteiger partial charge on any atom is -0.292 e. The highest BCUT2D eigenvalue weighted by atomic mass is 32.2. The van der Waals surface area contributed by atoms with Gasteiger partial charge in [0, 0.05) is 12.0 Å². The fourth-order valence-corrected chi connectivity index (χ4v) is 3.50. The van der Waals surface area contributed by atoms with Gasteiger partial charge < -0.3 is 0 Å². The van der Waals surface area contributed by atoms with Crippen molar-refractivity contribution >= 4 is 29.7 Å². The number of aliphatic imine (C=N–C) groups is 1. The van der Waals surface area contributed by atoms with Gasteiger partial charge >= 0.3 is 0 Å². The van der Waals surface area contributed by atoms with Crippen LogP contribution in [0, 0.1) is 0 Å². The molecule has 5 nitrogen and oxygen atoms in total. The van der Waals surface area contributed by atoms with Gasteiger partial charge in [0.1, 0.15) is 0 Å². The predicted octanol–water partition coefficient (Wildman–Crippen LogP) is 2.48. The van der Waals surface area contributed by atoms with Crippen LogP contribution in [0.25, 0.3) is 0 Å². The lowest BCUT2D eigenvalue weighted by Crippen LogP contribution is -2.29. The van der Waals surface area contributed by atoms with Crippen LogP contribution >= 0.6 is 11.8 Å². The quantitative estimate of drug-likeness (QED) is 0.842. The van der Waals surface area contributed by atoms with Gasteiger partial charge in [-0.3, -0.25) is 25.4 Å². The lowest BCUT2D eigenvalue weighted by Gasteiger charge is -2.16. The normalized spacial score (nSPS) is 20.0. The maximum atomic E-state index is 12.8. The summed E-state index contributed by atoms with van der Waals surface area (Å²) < 4.78 is 0. The van der Waals surface area contributed by atoms with E-state index in [2.05, 4.69) is 4.99 Å². The third-order valence-electron chi connectivity index (χ3n) is 3.40. The highest BCUT2D eigenvalue weighted by Gasteiger charge is 2.30. The number of hydrogen-bond acceptors (Lipinski definition) is 5. The molecular formula is C16H15N3O2S. The number of carbonyl (C=O) groups excluding carboxylic acids is 1. The van der Waals surface area contributed by atoms with E-state index in [0.29, 0.717) is 6.54 Å². The Kier molecular flexibility index (Phi) is 4.41. The van der Waals surface area contributed by atoms with Gasteiger partial charge in [-0.2, -0.15) is 0 Å². The Bertz CT molecular complexity index is 693. The van der Waals surface area contributed by atoms with E-state index >= 15 is 0 Å². The zero-order chi connectivity index (χ0) is 15.4. The Morgan fingerprint density at radius 1 is 1.32 bits per heavy atom. The summed E-state index contributed by atoms with van der Waals surface area (Å²) >= 11 is 1.54. The number of rotatable bonds is 3. The molecule has 2 N–H and O–H groups in total. The molecule has 0 bridgehead atoms. The summed E-state index contributed by atoms with van der Waals surface area (Å²) in [6.07, 6.45) is 6.62. The van der Waals surface area contributed by atoms with Crippen LogP contribution in [0.3, 0.4) is 0 Å². The molecule has 0 spiro atoms. The number of anilines is 1. The molecule has 1 amide bonds. The van der Waals surface area contributed by atoms with Gasteiger partial charge in [0.25, 0.3) is 5.91 Å². The fourth-order valence-electron chi connectivity index (χ4n) is 2.34. The molecule has 3 rings (SSSR count). The molecule has 0 saturated heterocycles. The molecular weight excluding hydrogens is 298 g/mol. The van der Waals surface area contributed by atoms with E-state index in [1.165, 1.54) is 18.0 Å². The van der Waals surface area contributed by atoms with Crippen LogP contribution in [0.2, 0.25) is 0 Å². The number of thioether (sulfide) groups is 1. The summed E-state index contributed by atoms with van der Waals surface area (Å²) in [5, 5.41) is 8.55. The average molecular weight is 313 g/mol. The van der Waals surface area contributed by atoms with Crippen molar-refractivity contribution in [1.29, 1.82) is 0 Å². The Morgan fingerprint density at radius 2 is 2.14 bits per heavy atom. The van der Waals surface area contributed by atoms with Crippen LogP contribution < -0.4 is 10.4 Å². The number of nitrogens with zero attached hydrogens (tertiary/aromatic N) is 2. The van der Waals surface area contributed by atoms with Gasteiger partial charge in [0.15, 0.2) is 0 Å². The van der Waals surface area contributed by atoms with Crippen molar-refractivity contribution in [2.75, 3.05) is 17.2 Å². The second-order valence-corrected chi connectivity index (χ2v) is 5.73. The maximum absolute atomic E-state index is 12.8. The van der Waals surface area contributed by atoms with Crippen molar-refractivity contribution in [1.82, 2.24) is 5.48 Å². The van der Waals surface area contributed by atoms with E-state index in [0.717, 1.165) is 27.5 Å². The van der Waals surface area contributed by atoms with Crippen LogP contribution in [-0.4, -0.2) is 29.8 Å². The van der Waals surface area contributed by atoms with E-state index in [9.17, 15) is 4.79 Å². The second kappa shape index (κ2) is 6.64. The van der Waals surface area contributed by atoms with Crippen LogP contribution in [-0.2, 0) is 4.79 Å². The smallest absolute Gasteiger partial charge is 0.270 e. The van der Waals surface area contributed by atoms with Crippen molar-refractivity contribution in [3.63, 3.8) is 0 Å². The highest BCUT2D eigenvalue weighted by Crippen LogP contribution is 2.38. The van der Waals surface area contributed by atoms with Crippen LogP contribution in [0.5, 0.6) is 0 Å². The summed E-state index contributed by atoms with van der Waals surface area (Å²) in [5.41, 5.74) is 4.80. The zero-order valence-corrected chi connectivity index (χ0v) is 12.6. The number of amides is 1. The maximum Gasteiger partial charge on any atom is 0.270 e. The number of para-hydroxylation sites is 1. The summed E-state index contributed by atoms with van der Waals surface area (Å²) in [6.45, 7) is 0.490. The molecule has 0 atom stereocenters. The number of allylic oxidation sites excluding steroid dienone is 2. The zero-order valence-electron chi connectivity index (χ0n) is 11.8. The van der Waals surface area contributed by atoms with Crippen molar-refractivity contribution in [3.05, 3.63) is 64.7 Å². The first-order valence-electron chi connectivity index (χ1n) is 6.81. The fraction of sp³-hybridized carbons (Fsp3) is 0.125. The van der Waals surface area contributed by atoms with E-state index in [-0.39, 0.29) is 5.91 Å². The number of nitrogens with one attached hydrogen (secondary N) is 1. The third-order valence-corrected chi connectivity index (χ3v) is 4.56. The number of benzene rings is 1. The molecule has 1 aromatic rings. The molecule has 0 unspecified atom stereocenters. The molecule has 0 radical (unpaired) electrons. The molecule has 2 aliphatic heterocycles. The van der Waals surface area contributed by atoms with Crippen LogP contribution in [0.15, 0.2) is 69.7 Å². The highest BCUT2D eigenvalue weighted by molar-refractivity contribution is 8.04. The van der Waals surface area contributed by atoms with Gasteiger partial charge in [0.2, 0.25) is 0 Å². The topological polar surface area (TPSA) is 64.9 Å². The van der Waals surface area contributed by atoms with Gasteiger partial charge in [-0.05, 0) is 29.4 Å². The van der Waals surface area contributed by atoms with Gasteiger partial charge in [-0.1, -0.05) is 24.3 Å². The number of hydrogen-bond donors (Lipinski definition) is 2. The lowest BCUT2D eigenvalue weighted by molar-refractivity contribution is -0.113. The van der Waals surface area contributed by atoms with E-state index in [1.807, 2.05) is 41.9 Å². The third kappa shape index (κ3) is 2.84. The predicted molar refractivity (Wildman–Crippen MR) is 88.9 cm³/mol. The van der Waals surface area contributed by atoms with Crippen molar-refractivity contribution in [3.8, 4) is 0 Å². The monoisotopic (exact) mass is 313 g/mol. The Balaban J connectivity index is 1.92. The first kappa shape index (κ1) is 14.6. The van der Waals surface area contributed by atoms with Crippen molar-refractivity contribution in [2.45, 2.75) is 0 Å². The summed E-state index contributed by atoms with van der Waals surface area (Å²) in [6, 6.07) is 9.50. The Labute approximate surface area is 132 Å². The number of carbonyl (C=O) groups is 1. The largest absolute Gasteiger partial charge is 0.292 e. The molecule has 1 aromatic carbocycles. The van der Waals surface area contributed by atoms with Gasteiger partial charge in [-0.15, -0.1) is 11.8 Å². The lowest BCUT2D eigenvalue weighted by atomic mass is 10.1. The molecule has 0 aromatic heterocycles. The van der Waals surface area contributed by atoms with E-state index < -0.39 is 0 Å². The van der Waals surface area contributed by atoms with E-state index in [4.69, 9.17) is 5.21 Å². The Hall–Kier alpha value is -2.31. The summed E-state index contributed by atoms with van der Waals surface area (Å²) in [7, 11) is 0. The molecule has 22 heavy (non-hydrogen) atoms. The molecule has 0 aliphatic carbocycles. The first-order valence-corrected chi connectivity index (χ1v) is 7.80. The minimum absolute atomic E-state index is 0.0416. The van der Waals surface area contributed by atoms with E-state index in [1.54, 1.807) is 17.3 Å². The minimum atomic E-state index is -0.0416. The molecule has 2 aliphatic rings. The summed E-state index contributed by atoms with van der Waals surface area (Å²) in [4.78, 5) is 19.5. The Morgan fingerprint density at radius 3 is 2.91 bits per heavy atom. The summed E-state index contributed by atoms with van der Waals surface area (Å²) in [5.74, 6) is 0.699. The second-order valence-electron chi connectivity index (χ2n) is 4.74. The molecule has 6 heteroatoms. The standard InChI is InChI=1S/C16H15N3O2S/c20-16-15-14(12(10-22-15)5-4-8-18-21)9-17-11-19(16)13-6-2-1-3-7-13/h1-8,11,18,21H,9-10H2/b8-4-,12-5+. The molecule has 0 saturated carbocycles.